The quantitative estimate of drug-likeness (QED) is 0.660. The highest BCUT2D eigenvalue weighted by Crippen LogP contribution is 2.39. The van der Waals surface area contributed by atoms with Crippen molar-refractivity contribution in [3.8, 4) is 17.4 Å². The van der Waals surface area contributed by atoms with E-state index in [1.165, 1.54) is 0 Å². The average Bonchev–Trinajstić information content (AvgIpc) is 3.20. The van der Waals surface area contributed by atoms with Gasteiger partial charge in [0.15, 0.2) is 0 Å². The molecule has 0 amide bonds. The molecule has 9 heteroatoms. The largest absolute Gasteiger partial charge is 0.455 e. The standard InChI is InChI=1S/C15H15BrN6O2/c1-8-10(16)5-6-11(17-8)13-12(22(2)21-19-13)7-23-15-18-14(24-20-15)9-3-4-9/h5-6,9H,3-4,7H2,1-2H3. The van der Waals surface area contributed by atoms with Crippen LogP contribution in [0.1, 0.15) is 36.0 Å². The van der Waals surface area contributed by atoms with Crippen LogP contribution in [-0.4, -0.2) is 30.1 Å². The average molecular weight is 391 g/mol. The molecule has 0 N–H and O–H groups in total. The van der Waals surface area contributed by atoms with Gasteiger partial charge >= 0.3 is 6.01 Å². The van der Waals surface area contributed by atoms with Crippen LogP contribution < -0.4 is 4.74 Å². The number of rotatable bonds is 5. The Morgan fingerprint density at radius 2 is 2.17 bits per heavy atom. The second-order valence-electron chi connectivity index (χ2n) is 5.75. The molecule has 8 nitrogen and oxygen atoms in total. The normalized spacial score (nSPS) is 14.1. The minimum absolute atomic E-state index is 0.235. The second kappa shape index (κ2) is 5.97. The Kier molecular flexibility index (Phi) is 3.79. The fourth-order valence-electron chi connectivity index (χ4n) is 2.32. The molecule has 1 saturated carbocycles. The van der Waals surface area contributed by atoms with Crippen molar-refractivity contribution in [3.63, 3.8) is 0 Å². The molecule has 0 aliphatic heterocycles. The zero-order valence-corrected chi connectivity index (χ0v) is 14.8. The van der Waals surface area contributed by atoms with Gasteiger partial charge in [0, 0.05) is 17.4 Å². The molecular formula is C15H15BrN6O2. The van der Waals surface area contributed by atoms with Crippen molar-refractivity contribution < 1.29 is 9.26 Å². The third-order valence-corrected chi connectivity index (χ3v) is 4.73. The number of nitrogens with zero attached hydrogens (tertiary/aromatic N) is 6. The van der Waals surface area contributed by atoms with Crippen LogP contribution in [0.2, 0.25) is 0 Å². The first-order valence-electron chi connectivity index (χ1n) is 7.60. The van der Waals surface area contributed by atoms with E-state index in [1.54, 1.807) is 4.68 Å². The van der Waals surface area contributed by atoms with E-state index in [0.29, 0.717) is 17.5 Å². The van der Waals surface area contributed by atoms with E-state index in [2.05, 4.69) is 41.4 Å². The van der Waals surface area contributed by atoms with Gasteiger partial charge in [-0.2, -0.15) is 4.98 Å². The molecule has 0 spiro atoms. The van der Waals surface area contributed by atoms with E-state index in [-0.39, 0.29) is 12.6 Å². The summed E-state index contributed by atoms with van der Waals surface area (Å²) < 4.78 is 13.5. The SMILES string of the molecule is Cc1nc(-c2nnn(C)c2COc2noc(C3CC3)n2)ccc1Br. The summed E-state index contributed by atoms with van der Waals surface area (Å²) in [5.74, 6) is 1.05. The van der Waals surface area contributed by atoms with Gasteiger partial charge in [0.1, 0.15) is 18.0 Å². The van der Waals surface area contributed by atoms with Crippen LogP contribution in [0.15, 0.2) is 21.1 Å². The molecule has 4 rings (SSSR count). The van der Waals surface area contributed by atoms with Crippen molar-refractivity contribution in [3.05, 3.63) is 33.9 Å². The number of aryl methyl sites for hydroxylation is 2. The van der Waals surface area contributed by atoms with Crippen molar-refractivity contribution in [1.82, 2.24) is 30.1 Å². The van der Waals surface area contributed by atoms with Crippen LogP contribution in [0.4, 0.5) is 0 Å². The lowest BCUT2D eigenvalue weighted by Gasteiger charge is -2.05. The first-order valence-corrected chi connectivity index (χ1v) is 8.39. The summed E-state index contributed by atoms with van der Waals surface area (Å²) in [6, 6.07) is 4.08. The van der Waals surface area contributed by atoms with E-state index in [0.717, 1.165) is 34.4 Å². The maximum absolute atomic E-state index is 5.65. The maximum Gasteiger partial charge on any atom is 0.354 e. The van der Waals surface area contributed by atoms with E-state index in [1.807, 2.05) is 26.1 Å². The van der Waals surface area contributed by atoms with E-state index in [4.69, 9.17) is 9.26 Å². The Hall–Kier alpha value is -2.29. The van der Waals surface area contributed by atoms with Crippen molar-refractivity contribution >= 4 is 15.9 Å². The second-order valence-corrected chi connectivity index (χ2v) is 6.60. The summed E-state index contributed by atoms with van der Waals surface area (Å²) in [5.41, 5.74) is 3.10. The molecule has 3 heterocycles. The molecule has 24 heavy (non-hydrogen) atoms. The fraction of sp³-hybridized carbons (Fsp3) is 0.400. The Morgan fingerprint density at radius 3 is 2.92 bits per heavy atom. The van der Waals surface area contributed by atoms with Gasteiger partial charge in [-0.3, -0.25) is 4.98 Å². The third-order valence-electron chi connectivity index (χ3n) is 3.89. The number of hydrogen-bond donors (Lipinski definition) is 0. The van der Waals surface area contributed by atoms with E-state index < -0.39 is 0 Å². The molecule has 1 aliphatic rings. The molecule has 0 bridgehead atoms. The molecule has 0 aromatic carbocycles. The highest BCUT2D eigenvalue weighted by Gasteiger charge is 2.30. The fourth-order valence-corrected chi connectivity index (χ4v) is 2.54. The van der Waals surface area contributed by atoms with Gasteiger partial charge in [0.2, 0.25) is 5.89 Å². The molecule has 0 atom stereocenters. The molecule has 0 saturated heterocycles. The lowest BCUT2D eigenvalue weighted by atomic mass is 10.2. The molecule has 0 radical (unpaired) electrons. The predicted octanol–water partition coefficient (Wildman–Crippen LogP) is 2.79. The Labute approximate surface area is 146 Å². The smallest absolute Gasteiger partial charge is 0.354 e. The molecule has 124 valence electrons. The van der Waals surface area contributed by atoms with Gasteiger partial charge in [0.05, 0.1) is 11.4 Å². The highest BCUT2D eigenvalue weighted by molar-refractivity contribution is 9.10. The summed E-state index contributed by atoms with van der Waals surface area (Å²) in [6.45, 7) is 2.16. The first-order chi connectivity index (χ1) is 11.6. The minimum Gasteiger partial charge on any atom is -0.455 e. The lowest BCUT2D eigenvalue weighted by Crippen LogP contribution is -2.05. The van der Waals surface area contributed by atoms with Gasteiger partial charge in [-0.05, 0) is 53.0 Å². The van der Waals surface area contributed by atoms with Crippen LogP contribution in [0, 0.1) is 6.92 Å². The van der Waals surface area contributed by atoms with Crippen molar-refractivity contribution in [2.45, 2.75) is 32.3 Å². The lowest BCUT2D eigenvalue weighted by molar-refractivity contribution is 0.254. The van der Waals surface area contributed by atoms with Gasteiger partial charge in [-0.15, -0.1) is 5.10 Å². The monoisotopic (exact) mass is 390 g/mol. The minimum atomic E-state index is 0.235. The summed E-state index contributed by atoms with van der Waals surface area (Å²) in [6.07, 6.45) is 2.21. The number of hydrogen-bond acceptors (Lipinski definition) is 7. The number of ether oxygens (including phenoxy) is 1. The third kappa shape index (κ3) is 2.91. The molecule has 3 aromatic heterocycles. The van der Waals surface area contributed by atoms with Gasteiger partial charge < -0.3 is 9.26 Å². The zero-order valence-electron chi connectivity index (χ0n) is 13.2. The van der Waals surface area contributed by atoms with Crippen LogP contribution in [0.25, 0.3) is 11.4 Å². The van der Waals surface area contributed by atoms with Crippen LogP contribution >= 0.6 is 15.9 Å². The molecule has 0 unspecified atom stereocenters. The van der Waals surface area contributed by atoms with E-state index in [9.17, 15) is 0 Å². The van der Waals surface area contributed by atoms with Crippen molar-refractivity contribution in [2.75, 3.05) is 0 Å². The summed E-state index contributed by atoms with van der Waals surface area (Å²) in [7, 11) is 1.81. The summed E-state index contributed by atoms with van der Waals surface area (Å²) >= 11 is 3.45. The Balaban J connectivity index is 1.56. The molecule has 1 fully saturated rings. The first kappa shape index (κ1) is 15.3. The number of halogens is 1. The topological polar surface area (TPSA) is 91.8 Å². The molecular weight excluding hydrogens is 376 g/mol. The Morgan fingerprint density at radius 1 is 1.33 bits per heavy atom. The van der Waals surface area contributed by atoms with Gasteiger partial charge in [0.25, 0.3) is 0 Å². The predicted molar refractivity (Wildman–Crippen MR) is 87.3 cm³/mol. The molecule has 3 aromatic rings. The van der Waals surface area contributed by atoms with E-state index >= 15 is 0 Å². The van der Waals surface area contributed by atoms with Crippen molar-refractivity contribution in [1.29, 1.82) is 0 Å². The summed E-state index contributed by atoms with van der Waals surface area (Å²) in [4.78, 5) is 8.80. The van der Waals surface area contributed by atoms with Crippen molar-refractivity contribution in [2.24, 2.45) is 7.05 Å². The summed E-state index contributed by atoms with van der Waals surface area (Å²) in [5, 5.41) is 12.1. The Bertz CT molecular complexity index is 886. The maximum atomic E-state index is 5.65. The van der Waals surface area contributed by atoms with Gasteiger partial charge in [-0.1, -0.05) is 5.21 Å². The number of aromatic nitrogens is 6. The van der Waals surface area contributed by atoms with Crippen LogP contribution in [-0.2, 0) is 13.7 Å². The van der Waals surface area contributed by atoms with Crippen LogP contribution in [0.3, 0.4) is 0 Å². The van der Waals surface area contributed by atoms with Gasteiger partial charge in [-0.25, -0.2) is 4.68 Å². The van der Waals surface area contributed by atoms with Crippen LogP contribution in [0.5, 0.6) is 6.01 Å². The number of pyridine rings is 1. The molecule has 1 aliphatic carbocycles. The highest BCUT2D eigenvalue weighted by atomic mass is 79.9. The zero-order chi connectivity index (χ0) is 16.7.